The molecule has 0 saturated heterocycles. The molecule has 0 bridgehead atoms. The smallest absolute Gasteiger partial charge is 0.227 e. The van der Waals surface area contributed by atoms with Gasteiger partial charge in [0.05, 0.1) is 6.61 Å². The second-order valence-corrected chi connectivity index (χ2v) is 3.44. The Labute approximate surface area is 83.5 Å². The standard InChI is InChI=1S/C9H17N3O2/c1-7(2)10-5-3-9-11-8(4-6-13)12-14-9/h7,10,13H,3-6H2,1-2H3. The molecular weight excluding hydrogens is 182 g/mol. The maximum absolute atomic E-state index is 8.64. The number of hydrogen-bond donors (Lipinski definition) is 2. The number of aliphatic hydroxyl groups excluding tert-OH is 1. The van der Waals surface area contributed by atoms with Crippen molar-refractivity contribution in [2.24, 2.45) is 0 Å². The second kappa shape index (κ2) is 5.72. The lowest BCUT2D eigenvalue weighted by Gasteiger charge is -2.04. The Morgan fingerprint density at radius 1 is 1.43 bits per heavy atom. The lowest BCUT2D eigenvalue weighted by Crippen LogP contribution is -2.25. The first-order chi connectivity index (χ1) is 6.72. The number of aromatic nitrogens is 2. The highest BCUT2D eigenvalue weighted by Gasteiger charge is 2.05. The predicted molar refractivity (Wildman–Crippen MR) is 51.9 cm³/mol. The van der Waals surface area contributed by atoms with Crippen LogP contribution in [0.4, 0.5) is 0 Å². The van der Waals surface area contributed by atoms with Crippen molar-refractivity contribution >= 4 is 0 Å². The van der Waals surface area contributed by atoms with Gasteiger partial charge < -0.3 is 14.9 Å². The highest BCUT2D eigenvalue weighted by atomic mass is 16.5. The lowest BCUT2D eigenvalue weighted by molar-refractivity contribution is 0.292. The zero-order valence-corrected chi connectivity index (χ0v) is 8.66. The van der Waals surface area contributed by atoms with E-state index >= 15 is 0 Å². The minimum Gasteiger partial charge on any atom is -0.396 e. The second-order valence-electron chi connectivity index (χ2n) is 3.44. The first-order valence-corrected chi connectivity index (χ1v) is 4.88. The number of aliphatic hydroxyl groups is 1. The van der Waals surface area contributed by atoms with E-state index in [1.54, 1.807) is 0 Å². The molecule has 0 unspecified atom stereocenters. The quantitative estimate of drug-likeness (QED) is 0.682. The highest BCUT2D eigenvalue weighted by Crippen LogP contribution is 1.98. The summed E-state index contributed by atoms with van der Waals surface area (Å²) in [6, 6.07) is 0.467. The Morgan fingerprint density at radius 2 is 2.21 bits per heavy atom. The molecule has 1 heterocycles. The molecule has 5 heteroatoms. The van der Waals surface area contributed by atoms with E-state index in [4.69, 9.17) is 9.63 Å². The number of rotatable bonds is 6. The first-order valence-electron chi connectivity index (χ1n) is 4.88. The van der Waals surface area contributed by atoms with Crippen molar-refractivity contribution in [3.63, 3.8) is 0 Å². The predicted octanol–water partition coefficient (Wildman–Crippen LogP) is 0.145. The molecular formula is C9H17N3O2. The Hall–Kier alpha value is -0.940. The zero-order valence-electron chi connectivity index (χ0n) is 8.66. The van der Waals surface area contributed by atoms with Crippen LogP contribution >= 0.6 is 0 Å². The van der Waals surface area contributed by atoms with Crippen LogP contribution in [0.3, 0.4) is 0 Å². The van der Waals surface area contributed by atoms with Crippen molar-refractivity contribution in [1.82, 2.24) is 15.5 Å². The van der Waals surface area contributed by atoms with Gasteiger partial charge in [-0.15, -0.1) is 0 Å². The van der Waals surface area contributed by atoms with E-state index in [2.05, 4.69) is 29.3 Å². The normalized spacial score (nSPS) is 11.1. The summed E-state index contributed by atoms with van der Waals surface area (Å²) in [6.07, 6.45) is 1.19. The zero-order chi connectivity index (χ0) is 10.4. The summed E-state index contributed by atoms with van der Waals surface area (Å²) in [6.45, 7) is 5.07. The van der Waals surface area contributed by atoms with Crippen LogP contribution in [0.25, 0.3) is 0 Å². The SMILES string of the molecule is CC(C)NCCc1nc(CCO)no1. The summed E-state index contributed by atoms with van der Waals surface area (Å²) in [5, 5.41) is 15.6. The van der Waals surface area contributed by atoms with Crippen LogP contribution in [0, 0.1) is 0 Å². The van der Waals surface area contributed by atoms with Crippen molar-refractivity contribution in [2.45, 2.75) is 32.7 Å². The Kier molecular flexibility index (Phi) is 4.55. The van der Waals surface area contributed by atoms with Crippen LogP contribution in [-0.4, -0.2) is 34.4 Å². The van der Waals surface area contributed by atoms with Crippen LogP contribution in [0.2, 0.25) is 0 Å². The fraction of sp³-hybridized carbons (Fsp3) is 0.778. The molecule has 1 rings (SSSR count). The molecule has 1 aromatic heterocycles. The average Bonchev–Trinajstić information content (AvgIpc) is 2.53. The van der Waals surface area contributed by atoms with Gasteiger partial charge in [0.25, 0.3) is 0 Å². The van der Waals surface area contributed by atoms with E-state index in [1.165, 1.54) is 0 Å². The van der Waals surface area contributed by atoms with E-state index in [0.717, 1.165) is 13.0 Å². The third-order valence-electron chi connectivity index (χ3n) is 1.74. The summed E-state index contributed by atoms with van der Waals surface area (Å²) in [7, 11) is 0. The van der Waals surface area contributed by atoms with Crippen LogP contribution in [0.15, 0.2) is 4.52 Å². The van der Waals surface area contributed by atoms with Gasteiger partial charge in [0.15, 0.2) is 5.82 Å². The minimum absolute atomic E-state index is 0.0587. The van der Waals surface area contributed by atoms with E-state index in [9.17, 15) is 0 Å². The fourth-order valence-electron chi connectivity index (χ4n) is 1.06. The molecule has 0 saturated carbocycles. The molecule has 0 atom stereocenters. The fourth-order valence-corrected chi connectivity index (χ4v) is 1.06. The van der Waals surface area contributed by atoms with Gasteiger partial charge in [-0.1, -0.05) is 19.0 Å². The van der Waals surface area contributed by atoms with Crippen LogP contribution in [0.5, 0.6) is 0 Å². The molecule has 1 aromatic rings. The largest absolute Gasteiger partial charge is 0.396 e. The van der Waals surface area contributed by atoms with Crippen molar-refractivity contribution in [3.05, 3.63) is 11.7 Å². The van der Waals surface area contributed by atoms with E-state index in [0.29, 0.717) is 24.2 Å². The highest BCUT2D eigenvalue weighted by molar-refractivity contribution is 4.86. The van der Waals surface area contributed by atoms with Crippen LogP contribution < -0.4 is 5.32 Å². The van der Waals surface area contributed by atoms with Gasteiger partial charge in [-0.05, 0) is 0 Å². The number of nitrogens with one attached hydrogen (secondary N) is 1. The van der Waals surface area contributed by atoms with Gasteiger partial charge in [0.1, 0.15) is 0 Å². The minimum atomic E-state index is 0.0587. The van der Waals surface area contributed by atoms with Crippen LogP contribution in [-0.2, 0) is 12.8 Å². The van der Waals surface area contributed by atoms with Gasteiger partial charge >= 0.3 is 0 Å². The summed E-state index contributed by atoms with van der Waals surface area (Å²) >= 11 is 0. The monoisotopic (exact) mass is 199 g/mol. The van der Waals surface area contributed by atoms with Crippen molar-refractivity contribution in [2.75, 3.05) is 13.2 Å². The molecule has 0 aliphatic carbocycles. The summed E-state index contributed by atoms with van der Waals surface area (Å²) in [4.78, 5) is 4.12. The van der Waals surface area contributed by atoms with Crippen molar-refractivity contribution in [1.29, 1.82) is 0 Å². The van der Waals surface area contributed by atoms with E-state index in [1.807, 2.05) is 0 Å². The lowest BCUT2D eigenvalue weighted by atomic mass is 10.3. The molecule has 0 spiro atoms. The van der Waals surface area contributed by atoms with Gasteiger partial charge in [-0.25, -0.2) is 0 Å². The first kappa shape index (κ1) is 11.1. The Balaban J connectivity index is 2.28. The number of nitrogens with zero attached hydrogens (tertiary/aromatic N) is 2. The maximum atomic E-state index is 8.64. The molecule has 14 heavy (non-hydrogen) atoms. The molecule has 0 aromatic carbocycles. The van der Waals surface area contributed by atoms with Crippen LogP contribution in [0.1, 0.15) is 25.6 Å². The molecule has 0 fully saturated rings. The third kappa shape index (κ3) is 3.85. The van der Waals surface area contributed by atoms with Gasteiger partial charge in [0.2, 0.25) is 5.89 Å². The summed E-state index contributed by atoms with van der Waals surface area (Å²) in [5.41, 5.74) is 0. The molecule has 0 aliphatic rings. The van der Waals surface area contributed by atoms with Crippen molar-refractivity contribution in [3.8, 4) is 0 Å². The molecule has 2 N–H and O–H groups in total. The average molecular weight is 199 g/mol. The van der Waals surface area contributed by atoms with E-state index < -0.39 is 0 Å². The van der Waals surface area contributed by atoms with E-state index in [-0.39, 0.29) is 6.61 Å². The summed E-state index contributed by atoms with van der Waals surface area (Å²) < 4.78 is 4.99. The van der Waals surface area contributed by atoms with Gasteiger partial charge in [-0.2, -0.15) is 4.98 Å². The Bertz CT molecular complexity index is 260. The van der Waals surface area contributed by atoms with Crippen molar-refractivity contribution < 1.29 is 9.63 Å². The topological polar surface area (TPSA) is 71.2 Å². The molecule has 0 radical (unpaired) electrons. The molecule has 0 amide bonds. The molecule has 80 valence electrons. The Morgan fingerprint density at radius 3 is 2.86 bits per heavy atom. The number of hydrogen-bond acceptors (Lipinski definition) is 5. The van der Waals surface area contributed by atoms with Gasteiger partial charge in [-0.3, -0.25) is 0 Å². The molecule has 5 nitrogen and oxygen atoms in total. The third-order valence-corrected chi connectivity index (χ3v) is 1.74. The van der Waals surface area contributed by atoms with Gasteiger partial charge in [0, 0.05) is 25.4 Å². The summed E-state index contributed by atoms with van der Waals surface area (Å²) in [5.74, 6) is 1.20. The maximum Gasteiger partial charge on any atom is 0.227 e. The molecule has 0 aliphatic heterocycles.